The lowest BCUT2D eigenvalue weighted by Crippen LogP contribution is -2.22. The third-order valence-corrected chi connectivity index (χ3v) is 4.69. The molecule has 0 aliphatic carbocycles. The van der Waals surface area contributed by atoms with Crippen molar-refractivity contribution in [2.75, 3.05) is 19.1 Å². The number of hydrogen-bond acceptors (Lipinski definition) is 3. The van der Waals surface area contributed by atoms with Gasteiger partial charge in [0.1, 0.15) is 5.75 Å². The maximum absolute atomic E-state index is 11.4. The molecule has 1 N–H and O–H groups in total. The molecule has 0 heterocycles. The summed E-state index contributed by atoms with van der Waals surface area (Å²) in [5.41, 5.74) is 4.23. The van der Waals surface area contributed by atoms with Crippen LogP contribution in [-0.4, -0.2) is 31.1 Å². The third-order valence-electron chi connectivity index (χ3n) is 4.69. The van der Waals surface area contributed by atoms with Gasteiger partial charge in [-0.15, -0.1) is 0 Å². The topological polar surface area (TPSA) is 66.8 Å². The van der Waals surface area contributed by atoms with Gasteiger partial charge in [-0.2, -0.15) is 0 Å². The highest BCUT2D eigenvalue weighted by atomic mass is 16.5. The molecule has 5 heteroatoms. The summed E-state index contributed by atoms with van der Waals surface area (Å²) in [4.78, 5) is 23.7. The highest BCUT2D eigenvalue weighted by Gasteiger charge is 2.08. The summed E-state index contributed by atoms with van der Waals surface area (Å²) in [6.45, 7) is 1.55. The smallest absolute Gasteiger partial charge is 0.303 e. The fourth-order valence-corrected chi connectivity index (χ4v) is 2.95. The molecule has 0 radical (unpaired) electrons. The second-order valence-electron chi connectivity index (χ2n) is 6.64. The van der Waals surface area contributed by atoms with Crippen molar-refractivity contribution in [2.45, 2.75) is 39.0 Å². The number of hydrogen-bond donors (Lipinski definition) is 1. The Morgan fingerprint density at radius 1 is 1.00 bits per heavy atom. The summed E-state index contributed by atoms with van der Waals surface area (Å²) in [6, 6.07) is 14.0. The first-order chi connectivity index (χ1) is 12.9. The number of rotatable bonds is 9. The van der Waals surface area contributed by atoms with Gasteiger partial charge >= 0.3 is 5.97 Å². The fraction of sp³-hybridized carbons (Fsp3) is 0.364. The van der Waals surface area contributed by atoms with E-state index in [1.807, 2.05) is 30.3 Å². The van der Waals surface area contributed by atoms with Gasteiger partial charge in [0, 0.05) is 26.1 Å². The zero-order valence-electron chi connectivity index (χ0n) is 16.2. The highest BCUT2D eigenvalue weighted by Crippen LogP contribution is 2.23. The molecule has 2 rings (SSSR count). The Kier molecular flexibility index (Phi) is 7.41. The molecule has 5 nitrogen and oxygen atoms in total. The molecule has 0 fully saturated rings. The average molecular weight is 369 g/mol. The molecule has 0 spiro atoms. The molecule has 0 atom stereocenters. The minimum absolute atomic E-state index is 0.0154. The molecule has 0 aliphatic heterocycles. The van der Waals surface area contributed by atoms with Crippen molar-refractivity contribution in [1.29, 1.82) is 0 Å². The molecule has 0 unspecified atom stereocenters. The molecule has 2 aromatic rings. The van der Waals surface area contributed by atoms with Crippen molar-refractivity contribution in [1.82, 2.24) is 0 Å². The summed E-state index contributed by atoms with van der Waals surface area (Å²) in [7, 11) is 3.41. The van der Waals surface area contributed by atoms with Crippen LogP contribution in [0, 0.1) is 0 Å². The van der Waals surface area contributed by atoms with Crippen LogP contribution in [0.2, 0.25) is 0 Å². The number of carboxylic acid groups (broad SMARTS) is 1. The van der Waals surface area contributed by atoms with Crippen LogP contribution in [0.1, 0.15) is 36.5 Å². The second-order valence-corrected chi connectivity index (χ2v) is 6.64. The highest BCUT2D eigenvalue weighted by molar-refractivity contribution is 5.90. The molecule has 0 saturated carbocycles. The van der Waals surface area contributed by atoms with Crippen molar-refractivity contribution in [3.63, 3.8) is 0 Å². The van der Waals surface area contributed by atoms with Crippen LogP contribution in [0.5, 0.6) is 5.75 Å². The predicted molar refractivity (Wildman–Crippen MR) is 107 cm³/mol. The largest absolute Gasteiger partial charge is 0.496 e. The Morgan fingerprint density at radius 3 is 2.26 bits per heavy atom. The summed E-state index contributed by atoms with van der Waals surface area (Å²) in [5, 5.41) is 8.80. The van der Waals surface area contributed by atoms with Crippen LogP contribution in [0.25, 0.3) is 0 Å². The second kappa shape index (κ2) is 9.76. The lowest BCUT2D eigenvalue weighted by molar-refractivity contribution is -0.137. The van der Waals surface area contributed by atoms with Gasteiger partial charge in [0.15, 0.2) is 0 Å². The number of carboxylic acids is 1. The molecule has 144 valence electrons. The summed E-state index contributed by atoms with van der Waals surface area (Å²) in [6.07, 6.45) is 3.43. The molecule has 0 saturated heterocycles. The normalized spacial score (nSPS) is 10.5. The number of aryl methyl sites for hydroxylation is 3. The van der Waals surface area contributed by atoms with E-state index in [1.54, 1.807) is 26.0 Å². The maximum Gasteiger partial charge on any atom is 0.303 e. The number of aliphatic carboxylic acids is 1. The first kappa shape index (κ1) is 20.5. The third kappa shape index (κ3) is 6.13. The first-order valence-corrected chi connectivity index (χ1v) is 9.11. The number of nitrogens with zero attached hydrogens (tertiary/aromatic N) is 1. The van der Waals surface area contributed by atoms with E-state index in [9.17, 15) is 9.59 Å². The van der Waals surface area contributed by atoms with E-state index in [1.165, 1.54) is 5.56 Å². The molecule has 2 aromatic carbocycles. The monoisotopic (exact) mass is 369 g/mol. The van der Waals surface area contributed by atoms with Crippen LogP contribution in [-0.2, 0) is 28.9 Å². The maximum atomic E-state index is 11.4. The number of carbonyl (C=O) groups excluding carboxylic acids is 1. The van der Waals surface area contributed by atoms with Gasteiger partial charge in [0.2, 0.25) is 5.91 Å². The van der Waals surface area contributed by atoms with Gasteiger partial charge in [-0.25, -0.2) is 0 Å². The van der Waals surface area contributed by atoms with E-state index >= 15 is 0 Å². The van der Waals surface area contributed by atoms with E-state index in [-0.39, 0.29) is 12.3 Å². The van der Waals surface area contributed by atoms with Crippen molar-refractivity contribution in [3.8, 4) is 5.75 Å². The SMILES string of the molecule is COc1cc(CCC(=O)O)ccc1CCCc1ccc(N(C)C(C)=O)cc1. The van der Waals surface area contributed by atoms with Crippen molar-refractivity contribution in [2.24, 2.45) is 0 Å². The summed E-state index contributed by atoms with van der Waals surface area (Å²) < 4.78 is 5.48. The van der Waals surface area contributed by atoms with Crippen molar-refractivity contribution in [3.05, 3.63) is 59.2 Å². The molecular weight excluding hydrogens is 342 g/mol. The van der Waals surface area contributed by atoms with Crippen LogP contribution < -0.4 is 9.64 Å². The van der Waals surface area contributed by atoms with Crippen LogP contribution in [0.15, 0.2) is 42.5 Å². The number of ether oxygens (including phenoxy) is 1. The lowest BCUT2D eigenvalue weighted by atomic mass is 10.0. The van der Waals surface area contributed by atoms with Gasteiger partial charge in [-0.05, 0) is 60.6 Å². The Bertz CT molecular complexity index is 783. The molecule has 0 aliphatic rings. The summed E-state index contributed by atoms with van der Waals surface area (Å²) >= 11 is 0. The standard InChI is InChI=1S/C22H27NO4/c1-16(24)23(2)20-12-8-17(9-13-20)5-4-6-19-11-7-18(10-14-22(25)26)15-21(19)27-3/h7-9,11-13,15H,4-6,10,14H2,1-3H3,(H,25,26). The van der Waals surface area contributed by atoms with E-state index in [4.69, 9.17) is 9.84 Å². The molecule has 27 heavy (non-hydrogen) atoms. The van der Waals surface area contributed by atoms with E-state index in [2.05, 4.69) is 12.1 Å². The molecule has 1 amide bonds. The Balaban J connectivity index is 1.92. The van der Waals surface area contributed by atoms with Crippen LogP contribution in [0.4, 0.5) is 5.69 Å². The lowest BCUT2D eigenvalue weighted by Gasteiger charge is -2.15. The number of benzene rings is 2. The van der Waals surface area contributed by atoms with Crippen LogP contribution in [0.3, 0.4) is 0 Å². The van der Waals surface area contributed by atoms with Gasteiger partial charge in [0.25, 0.3) is 0 Å². The number of anilines is 1. The number of amides is 1. The molecule has 0 aromatic heterocycles. The fourth-order valence-electron chi connectivity index (χ4n) is 2.95. The van der Waals surface area contributed by atoms with Gasteiger partial charge in [-0.1, -0.05) is 24.3 Å². The van der Waals surface area contributed by atoms with Gasteiger partial charge in [-0.3, -0.25) is 9.59 Å². The van der Waals surface area contributed by atoms with E-state index < -0.39 is 5.97 Å². The summed E-state index contributed by atoms with van der Waals surface area (Å²) in [5.74, 6) is 0.0384. The minimum Gasteiger partial charge on any atom is -0.496 e. The molecule has 0 bridgehead atoms. The first-order valence-electron chi connectivity index (χ1n) is 9.11. The van der Waals surface area contributed by atoms with Gasteiger partial charge in [0.05, 0.1) is 7.11 Å². The quantitative estimate of drug-likeness (QED) is 0.729. The zero-order chi connectivity index (χ0) is 19.8. The average Bonchev–Trinajstić information content (AvgIpc) is 2.66. The Labute approximate surface area is 160 Å². The number of carbonyl (C=O) groups is 2. The zero-order valence-corrected chi connectivity index (χ0v) is 16.2. The predicted octanol–water partition coefficient (Wildman–Crippen LogP) is 3.87. The number of methoxy groups -OCH3 is 1. The molecular formula is C22H27NO4. The van der Waals surface area contributed by atoms with Crippen molar-refractivity contribution >= 4 is 17.6 Å². The van der Waals surface area contributed by atoms with Crippen LogP contribution >= 0.6 is 0 Å². The van der Waals surface area contributed by atoms with E-state index in [0.717, 1.165) is 41.8 Å². The van der Waals surface area contributed by atoms with E-state index in [0.29, 0.717) is 6.42 Å². The van der Waals surface area contributed by atoms with Gasteiger partial charge < -0.3 is 14.7 Å². The minimum atomic E-state index is -0.793. The Morgan fingerprint density at radius 2 is 1.67 bits per heavy atom. The Hall–Kier alpha value is -2.82. The van der Waals surface area contributed by atoms with Crippen molar-refractivity contribution < 1.29 is 19.4 Å².